The summed E-state index contributed by atoms with van der Waals surface area (Å²) in [6.07, 6.45) is -5.13. The quantitative estimate of drug-likeness (QED) is 0.420. The first kappa shape index (κ1) is 22.4. The molecule has 3 atom stereocenters. The molecule has 2 saturated heterocycles. The van der Waals surface area contributed by atoms with Crippen molar-refractivity contribution in [3.8, 4) is 11.1 Å². The van der Waals surface area contributed by atoms with Crippen molar-refractivity contribution in [3.05, 3.63) is 75.5 Å². The number of amides is 2. The number of alkyl halides is 3. The van der Waals surface area contributed by atoms with Gasteiger partial charge >= 0.3 is 6.18 Å². The summed E-state index contributed by atoms with van der Waals surface area (Å²) in [6.45, 7) is 1.57. The normalized spacial score (nSPS) is 23.4. The minimum atomic E-state index is -4.51. The van der Waals surface area contributed by atoms with Crippen molar-refractivity contribution < 1.29 is 32.0 Å². The van der Waals surface area contributed by atoms with Crippen molar-refractivity contribution in [1.29, 1.82) is 0 Å². The third-order valence-electron chi connectivity index (χ3n) is 5.78. The van der Waals surface area contributed by atoms with Gasteiger partial charge in [0.1, 0.15) is 5.82 Å². The first-order valence-corrected chi connectivity index (χ1v) is 10.9. The van der Waals surface area contributed by atoms with E-state index in [1.165, 1.54) is 34.6 Å². The third kappa shape index (κ3) is 3.63. The summed E-state index contributed by atoms with van der Waals surface area (Å²) in [5.41, 5.74) is 0.216. The van der Waals surface area contributed by atoms with Gasteiger partial charge in [0.15, 0.2) is 5.54 Å². The smallest absolute Gasteiger partial charge is 0.349 e. The summed E-state index contributed by atoms with van der Waals surface area (Å²) in [5.74, 6) is -1.81. The van der Waals surface area contributed by atoms with Crippen molar-refractivity contribution in [3.63, 3.8) is 0 Å². The highest BCUT2D eigenvalue weighted by Gasteiger charge is 2.67. The van der Waals surface area contributed by atoms with Gasteiger partial charge in [0.25, 0.3) is 11.8 Å². The van der Waals surface area contributed by atoms with Gasteiger partial charge in [-0.3, -0.25) is 9.59 Å². The van der Waals surface area contributed by atoms with Crippen molar-refractivity contribution in [2.75, 3.05) is 6.54 Å². The summed E-state index contributed by atoms with van der Waals surface area (Å²) in [4.78, 5) is 36.4. The number of hydrogen-bond donors (Lipinski definition) is 2. The number of benzene rings is 2. The van der Waals surface area contributed by atoms with Crippen LogP contribution in [0.1, 0.15) is 26.5 Å². The molecular weight excluding hydrogens is 476 g/mol. The standard InChI is InChI=1S/C22H16F4N4O3S/c1-11-17(28-10-34-11)21(19(32)29-20-30(21)33-20)9-27-18(31)16-8-14(23)6-7-15(16)12-2-4-13(5-3-12)22(24,25)26/h2-8,10,20H,9H2,1H3,(H,27,31)(H,29,32). The zero-order chi connectivity index (χ0) is 24.3. The van der Waals surface area contributed by atoms with Gasteiger partial charge in [-0.2, -0.15) is 13.2 Å². The lowest BCUT2D eigenvalue weighted by molar-refractivity contribution is -0.137. The van der Waals surface area contributed by atoms with Crippen LogP contribution in [0.15, 0.2) is 48.0 Å². The van der Waals surface area contributed by atoms with Crippen LogP contribution in [0.4, 0.5) is 17.6 Å². The van der Waals surface area contributed by atoms with Gasteiger partial charge in [-0.25, -0.2) is 14.2 Å². The SMILES string of the molecule is Cc1scnc1C1(CNC(=O)c2cc(F)ccc2-c2ccc(C(F)(F)F)cc2)C(=O)NC2ON21. The Morgan fingerprint density at radius 1 is 1.26 bits per heavy atom. The molecule has 34 heavy (non-hydrogen) atoms. The maximum Gasteiger partial charge on any atom is 0.416 e. The largest absolute Gasteiger partial charge is 0.416 e. The third-order valence-corrected chi connectivity index (χ3v) is 6.54. The highest BCUT2D eigenvalue weighted by molar-refractivity contribution is 7.09. The highest BCUT2D eigenvalue weighted by Crippen LogP contribution is 2.44. The van der Waals surface area contributed by atoms with Crippen LogP contribution in [-0.2, 0) is 21.3 Å². The average Bonchev–Trinajstić information content (AvgIpc) is 3.33. The predicted molar refractivity (Wildman–Crippen MR) is 113 cm³/mol. The Bertz CT molecular complexity index is 1290. The lowest BCUT2D eigenvalue weighted by Crippen LogP contribution is -2.52. The first-order valence-electron chi connectivity index (χ1n) is 10.0. The number of nitrogens with zero attached hydrogens (tertiary/aromatic N) is 2. The second-order valence-electron chi connectivity index (χ2n) is 7.82. The van der Waals surface area contributed by atoms with Gasteiger partial charge in [0.05, 0.1) is 28.9 Å². The molecule has 3 aromatic rings. The Labute approximate surface area is 194 Å². The van der Waals surface area contributed by atoms with Crippen LogP contribution in [0.25, 0.3) is 11.1 Å². The molecule has 3 heterocycles. The van der Waals surface area contributed by atoms with E-state index in [-0.39, 0.29) is 17.7 Å². The Balaban J connectivity index is 1.45. The van der Waals surface area contributed by atoms with Gasteiger partial charge in [0, 0.05) is 4.88 Å². The van der Waals surface area contributed by atoms with Crippen LogP contribution in [0.3, 0.4) is 0 Å². The molecule has 2 aliphatic heterocycles. The van der Waals surface area contributed by atoms with Crippen molar-refractivity contribution in [2.45, 2.75) is 25.0 Å². The van der Waals surface area contributed by atoms with Crippen LogP contribution >= 0.6 is 11.3 Å². The van der Waals surface area contributed by atoms with Crippen LogP contribution in [0.2, 0.25) is 0 Å². The molecule has 2 aliphatic rings. The number of hydroxylamine groups is 2. The molecule has 0 saturated carbocycles. The van der Waals surface area contributed by atoms with E-state index in [1.54, 1.807) is 12.4 Å². The van der Waals surface area contributed by atoms with Gasteiger partial charge in [0.2, 0.25) is 6.35 Å². The maximum atomic E-state index is 14.0. The molecule has 2 amide bonds. The van der Waals surface area contributed by atoms with Crippen LogP contribution in [-0.4, -0.2) is 34.8 Å². The van der Waals surface area contributed by atoms with Crippen molar-refractivity contribution in [1.82, 2.24) is 20.7 Å². The first-order chi connectivity index (χ1) is 16.1. The number of carbonyl (C=O) groups excluding carboxylic acids is 2. The molecule has 0 bridgehead atoms. The number of rotatable bonds is 5. The van der Waals surface area contributed by atoms with Crippen LogP contribution < -0.4 is 10.6 Å². The number of fused-ring (bicyclic) bond motifs is 1. The highest BCUT2D eigenvalue weighted by atomic mass is 32.1. The predicted octanol–water partition coefficient (Wildman–Crippen LogP) is 3.56. The number of aromatic nitrogens is 1. The van der Waals surface area contributed by atoms with E-state index in [0.717, 1.165) is 29.1 Å². The number of carbonyl (C=O) groups is 2. The molecule has 0 radical (unpaired) electrons. The maximum absolute atomic E-state index is 14.0. The van der Waals surface area contributed by atoms with Crippen molar-refractivity contribution >= 4 is 23.2 Å². The molecule has 0 aliphatic carbocycles. The summed E-state index contributed by atoms with van der Waals surface area (Å²) in [6, 6.07) is 7.63. The Morgan fingerprint density at radius 3 is 2.59 bits per heavy atom. The molecule has 176 valence electrons. The average molecular weight is 492 g/mol. The molecule has 3 unspecified atom stereocenters. The zero-order valence-electron chi connectivity index (χ0n) is 17.4. The topological polar surface area (TPSA) is 86.6 Å². The molecule has 2 fully saturated rings. The van der Waals surface area contributed by atoms with Gasteiger partial charge in [-0.15, -0.1) is 16.4 Å². The second kappa shape index (κ2) is 7.86. The fraction of sp³-hybridized carbons (Fsp3) is 0.227. The number of hydrogen-bond acceptors (Lipinski definition) is 6. The number of thiazole rings is 1. The summed E-state index contributed by atoms with van der Waals surface area (Å²) < 4.78 is 52.8. The summed E-state index contributed by atoms with van der Waals surface area (Å²) >= 11 is 1.33. The van der Waals surface area contributed by atoms with E-state index in [9.17, 15) is 27.2 Å². The molecule has 7 nitrogen and oxygen atoms in total. The van der Waals surface area contributed by atoms with E-state index < -0.39 is 41.3 Å². The van der Waals surface area contributed by atoms with Crippen LogP contribution in [0, 0.1) is 12.7 Å². The van der Waals surface area contributed by atoms with E-state index in [0.29, 0.717) is 11.3 Å². The van der Waals surface area contributed by atoms with Gasteiger partial charge in [-0.05, 0) is 42.3 Å². The summed E-state index contributed by atoms with van der Waals surface area (Å²) in [7, 11) is 0. The van der Waals surface area contributed by atoms with E-state index in [1.807, 2.05) is 0 Å². The molecule has 5 rings (SSSR count). The Kier molecular flexibility index (Phi) is 5.19. The minimum Gasteiger partial charge on any atom is -0.349 e. The number of halogens is 4. The molecule has 1 aromatic heterocycles. The zero-order valence-corrected chi connectivity index (χ0v) is 18.3. The van der Waals surface area contributed by atoms with Crippen LogP contribution in [0.5, 0.6) is 0 Å². The Morgan fingerprint density at radius 2 is 2.00 bits per heavy atom. The molecule has 12 heteroatoms. The molecule has 2 N–H and O–H groups in total. The summed E-state index contributed by atoms with van der Waals surface area (Å²) in [5, 5.41) is 6.71. The minimum absolute atomic E-state index is 0.0911. The van der Waals surface area contributed by atoms with E-state index in [2.05, 4.69) is 15.6 Å². The Hall–Kier alpha value is -3.35. The lowest BCUT2D eigenvalue weighted by Gasteiger charge is -2.27. The fourth-order valence-electron chi connectivity index (χ4n) is 4.04. The van der Waals surface area contributed by atoms with E-state index in [4.69, 9.17) is 4.84 Å². The van der Waals surface area contributed by atoms with Gasteiger partial charge < -0.3 is 10.6 Å². The van der Waals surface area contributed by atoms with Gasteiger partial charge in [-0.1, -0.05) is 18.2 Å². The number of nitrogens with one attached hydrogen (secondary N) is 2. The van der Waals surface area contributed by atoms with Crippen molar-refractivity contribution in [2.24, 2.45) is 0 Å². The second-order valence-corrected chi connectivity index (χ2v) is 8.88. The molecule has 2 aromatic carbocycles. The fourth-order valence-corrected chi connectivity index (χ4v) is 4.69. The molecular formula is C22H16F4N4O3S. The van der Waals surface area contributed by atoms with E-state index >= 15 is 0 Å². The number of aryl methyl sites for hydroxylation is 1. The molecule has 0 spiro atoms. The monoisotopic (exact) mass is 492 g/mol. The lowest BCUT2D eigenvalue weighted by atomic mass is 9.93.